The minimum atomic E-state index is -0.327. The average Bonchev–Trinajstić information content (AvgIpc) is 2.87. The molecule has 0 atom stereocenters. The number of aromatic nitrogens is 2. The van der Waals surface area contributed by atoms with Gasteiger partial charge in [0.25, 0.3) is 0 Å². The van der Waals surface area contributed by atoms with Gasteiger partial charge in [0.15, 0.2) is 8.68 Å². The summed E-state index contributed by atoms with van der Waals surface area (Å²) in [5.74, 6) is 0.723. The van der Waals surface area contributed by atoms with Crippen LogP contribution >= 0.6 is 34.9 Å². The molecule has 0 radical (unpaired) electrons. The lowest BCUT2D eigenvalue weighted by Crippen LogP contribution is -2.13. The first-order valence-electron chi connectivity index (χ1n) is 5.82. The lowest BCUT2D eigenvalue weighted by Gasteiger charge is -2.03. The van der Waals surface area contributed by atoms with Crippen molar-refractivity contribution in [3.8, 4) is 0 Å². The van der Waals surface area contributed by atoms with Crippen molar-refractivity contribution in [3.05, 3.63) is 30.1 Å². The van der Waals surface area contributed by atoms with Gasteiger partial charge in [-0.05, 0) is 30.0 Å². The summed E-state index contributed by atoms with van der Waals surface area (Å²) in [4.78, 5) is 11.7. The van der Waals surface area contributed by atoms with Gasteiger partial charge in [-0.2, -0.15) is 0 Å². The fourth-order valence-corrected chi connectivity index (χ4v) is 4.01. The molecular weight excluding hydrogens is 317 g/mol. The van der Waals surface area contributed by atoms with E-state index in [1.165, 1.54) is 47.4 Å². The van der Waals surface area contributed by atoms with Crippen molar-refractivity contribution in [1.82, 2.24) is 10.2 Å². The SMILES string of the molecule is CCSc1nnc(SCC(=O)Nc2ccc(F)cc2)s1. The Kier molecular flexibility index (Phi) is 5.81. The highest BCUT2D eigenvalue weighted by Crippen LogP contribution is 2.28. The van der Waals surface area contributed by atoms with Crippen molar-refractivity contribution < 1.29 is 9.18 Å². The first kappa shape index (κ1) is 15.3. The highest BCUT2D eigenvalue weighted by molar-refractivity contribution is 8.03. The van der Waals surface area contributed by atoms with Crippen molar-refractivity contribution in [2.24, 2.45) is 0 Å². The number of benzene rings is 1. The molecule has 106 valence electrons. The van der Waals surface area contributed by atoms with E-state index in [2.05, 4.69) is 22.4 Å². The second-order valence-electron chi connectivity index (χ2n) is 3.61. The molecule has 0 saturated heterocycles. The minimum Gasteiger partial charge on any atom is -0.325 e. The predicted octanol–water partition coefficient (Wildman–Crippen LogP) is 3.52. The van der Waals surface area contributed by atoms with Crippen molar-refractivity contribution in [1.29, 1.82) is 0 Å². The zero-order valence-electron chi connectivity index (χ0n) is 10.6. The molecule has 20 heavy (non-hydrogen) atoms. The van der Waals surface area contributed by atoms with Gasteiger partial charge < -0.3 is 5.32 Å². The third kappa shape index (κ3) is 4.77. The summed E-state index contributed by atoms with van der Waals surface area (Å²) in [6.07, 6.45) is 0. The van der Waals surface area contributed by atoms with Crippen molar-refractivity contribution in [3.63, 3.8) is 0 Å². The highest BCUT2D eigenvalue weighted by Gasteiger charge is 2.08. The van der Waals surface area contributed by atoms with Gasteiger partial charge in [0.1, 0.15) is 5.82 Å². The van der Waals surface area contributed by atoms with Gasteiger partial charge in [-0.1, -0.05) is 41.8 Å². The van der Waals surface area contributed by atoms with E-state index >= 15 is 0 Å². The summed E-state index contributed by atoms with van der Waals surface area (Å²) < 4.78 is 14.4. The molecule has 1 aromatic carbocycles. The first-order chi connectivity index (χ1) is 9.67. The van der Waals surface area contributed by atoms with Crippen LogP contribution in [0, 0.1) is 5.82 Å². The molecule has 0 aliphatic heterocycles. The Morgan fingerprint density at radius 2 is 1.90 bits per heavy atom. The van der Waals surface area contributed by atoms with Crippen LogP contribution in [0.4, 0.5) is 10.1 Å². The fraction of sp³-hybridized carbons (Fsp3) is 0.250. The maximum atomic E-state index is 12.7. The van der Waals surface area contributed by atoms with Gasteiger partial charge >= 0.3 is 0 Å². The van der Waals surface area contributed by atoms with Gasteiger partial charge in [0.2, 0.25) is 5.91 Å². The zero-order chi connectivity index (χ0) is 14.4. The second-order valence-corrected chi connectivity index (χ2v) is 7.32. The number of carbonyl (C=O) groups is 1. The van der Waals surface area contributed by atoms with Crippen LogP contribution < -0.4 is 5.32 Å². The number of rotatable bonds is 6. The number of nitrogens with one attached hydrogen (secondary N) is 1. The Morgan fingerprint density at radius 3 is 2.55 bits per heavy atom. The van der Waals surface area contributed by atoms with E-state index in [0.29, 0.717) is 5.69 Å². The molecule has 2 aromatic rings. The van der Waals surface area contributed by atoms with E-state index in [1.54, 1.807) is 11.8 Å². The molecule has 0 bridgehead atoms. The van der Waals surface area contributed by atoms with E-state index < -0.39 is 0 Å². The summed E-state index contributed by atoms with van der Waals surface area (Å²) in [5, 5.41) is 10.7. The second kappa shape index (κ2) is 7.61. The van der Waals surface area contributed by atoms with Gasteiger partial charge in [-0.25, -0.2) is 4.39 Å². The van der Waals surface area contributed by atoms with E-state index in [4.69, 9.17) is 0 Å². The summed E-state index contributed by atoms with van der Waals surface area (Å²) in [6, 6.07) is 5.67. The quantitative estimate of drug-likeness (QED) is 0.822. The molecule has 1 heterocycles. The Bertz CT molecular complexity index is 574. The van der Waals surface area contributed by atoms with Crippen molar-refractivity contribution in [2.75, 3.05) is 16.8 Å². The number of halogens is 1. The molecule has 1 amide bonds. The summed E-state index contributed by atoms with van der Waals surface area (Å²) in [7, 11) is 0. The number of anilines is 1. The first-order valence-corrected chi connectivity index (χ1v) is 8.60. The molecule has 0 unspecified atom stereocenters. The molecule has 1 aromatic heterocycles. The normalized spacial score (nSPS) is 10.5. The van der Waals surface area contributed by atoms with Crippen molar-refractivity contribution in [2.45, 2.75) is 15.6 Å². The van der Waals surface area contributed by atoms with Crippen LogP contribution in [-0.2, 0) is 4.79 Å². The number of amides is 1. The van der Waals surface area contributed by atoms with Crippen molar-refractivity contribution >= 4 is 46.5 Å². The molecule has 0 aliphatic carbocycles. The van der Waals surface area contributed by atoms with E-state index in [0.717, 1.165) is 14.4 Å². The molecule has 0 saturated carbocycles. The maximum Gasteiger partial charge on any atom is 0.234 e. The van der Waals surface area contributed by atoms with Gasteiger partial charge in [0, 0.05) is 5.69 Å². The Morgan fingerprint density at radius 1 is 1.25 bits per heavy atom. The fourth-order valence-electron chi connectivity index (χ4n) is 1.29. The van der Waals surface area contributed by atoms with E-state index in [1.807, 2.05) is 0 Å². The number of nitrogens with zero attached hydrogens (tertiary/aromatic N) is 2. The molecule has 0 fully saturated rings. The van der Waals surface area contributed by atoms with Crippen LogP contribution in [0.5, 0.6) is 0 Å². The van der Waals surface area contributed by atoms with Gasteiger partial charge in [-0.3, -0.25) is 4.79 Å². The summed E-state index contributed by atoms with van der Waals surface area (Å²) >= 11 is 4.45. The average molecular weight is 329 g/mol. The van der Waals surface area contributed by atoms with Gasteiger partial charge in [-0.15, -0.1) is 10.2 Å². The largest absolute Gasteiger partial charge is 0.325 e. The van der Waals surface area contributed by atoms with E-state index in [9.17, 15) is 9.18 Å². The topological polar surface area (TPSA) is 54.9 Å². The lowest BCUT2D eigenvalue weighted by molar-refractivity contribution is -0.113. The molecule has 4 nitrogen and oxygen atoms in total. The van der Waals surface area contributed by atoms with E-state index in [-0.39, 0.29) is 17.5 Å². The van der Waals surface area contributed by atoms with Crippen LogP contribution in [0.2, 0.25) is 0 Å². The monoisotopic (exact) mass is 329 g/mol. The molecule has 2 rings (SSSR count). The standard InChI is InChI=1S/C12H12FN3OS3/c1-2-18-11-15-16-12(20-11)19-7-10(17)14-9-5-3-8(13)4-6-9/h3-6H,2,7H2,1H3,(H,14,17). The molecular formula is C12H12FN3OS3. The third-order valence-corrected chi connectivity index (χ3v) is 5.18. The number of hydrogen-bond donors (Lipinski definition) is 1. The zero-order valence-corrected chi connectivity index (χ0v) is 13.1. The van der Waals surface area contributed by atoms with Crippen LogP contribution in [-0.4, -0.2) is 27.6 Å². The Balaban J connectivity index is 1.80. The molecule has 8 heteroatoms. The Hall–Kier alpha value is -1.12. The molecule has 0 spiro atoms. The van der Waals surface area contributed by atoms with Crippen LogP contribution in [0.1, 0.15) is 6.92 Å². The predicted molar refractivity (Wildman–Crippen MR) is 82.1 cm³/mol. The summed E-state index contributed by atoms with van der Waals surface area (Å²) in [6.45, 7) is 2.05. The van der Waals surface area contributed by atoms with Gasteiger partial charge in [0.05, 0.1) is 5.75 Å². The number of thioether (sulfide) groups is 2. The van der Waals surface area contributed by atoms with Crippen LogP contribution in [0.3, 0.4) is 0 Å². The van der Waals surface area contributed by atoms with Crippen LogP contribution in [0.25, 0.3) is 0 Å². The minimum absolute atomic E-state index is 0.151. The maximum absolute atomic E-state index is 12.7. The van der Waals surface area contributed by atoms with Crippen LogP contribution in [0.15, 0.2) is 32.9 Å². The summed E-state index contributed by atoms with van der Waals surface area (Å²) in [5.41, 5.74) is 0.580. The number of carbonyl (C=O) groups excluding carboxylic acids is 1. The smallest absolute Gasteiger partial charge is 0.234 e. The number of hydrogen-bond acceptors (Lipinski definition) is 6. The highest BCUT2D eigenvalue weighted by atomic mass is 32.2. The molecule has 1 N–H and O–H groups in total. The Labute approximate surface area is 128 Å². The third-order valence-electron chi connectivity index (χ3n) is 2.11. The lowest BCUT2D eigenvalue weighted by atomic mass is 10.3. The molecule has 0 aliphatic rings.